The normalized spacial score (nSPS) is 11.2. The van der Waals surface area contributed by atoms with Crippen molar-refractivity contribution in [1.29, 1.82) is 0 Å². The van der Waals surface area contributed by atoms with E-state index in [1.807, 2.05) is 24.4 Å². The molecule has 19 heavy (non-hydrogen) atoms. The number of pyridine rings is 1. The van der Waals surface area contributed by atoms with Crippen molar-refractivity contribution in [2.24, 2.45) is 0 Å². The lowest BCUT2D eigenvalue weighted by Gasteiger charge is -2.10. The zero-order chi connectivity index (χ0) is 13.1. The fourth-order valence-electron chi connectivity index (χ4n) is 2.37. The van der Waals surface area contributed by atoms with Crippen LogP contribution in [0.1, 0.15) is 26.2 Å². The number of hydrogen-bond donors (Lipinski definition) is 2. The van der Waals surface area contributed by atoms with Crippen molar-refractivity contribution in [2.45, 2.75) is 26.2 Å². The highest BCUT2D eigenvalue weighted by molar-refractivity contribution is 6.06. The highest BCUT2D eigenvalue weighted by atomic mass is 15.1. The molecule has 0 amide bonds. The Balaban J connectivity index is 2.03. The van der Waals surface area contributed by atoms with Crippen LogP contribution in [0.25, 0.3) is 21.9 Å². The average Bonchev–Trinajstić information content (AvgIpc) is 2.90. The van der Waals surface area contributed by atoms with E-state index in [4.69, 9.17) is 0 Å². The fourth-order valence-corrected chi connectivity index (χ4v) is 2.37. The number of unbranched alkanes of at least 4 members (excludes halogenated alkanes) is 2. The van der Waals surface area contributed by atoms with E-state index in [0.29, 0.717) is 0 Å². The number of hydrogen-bond acceptors (Lipinski definition) is 3. The van der Waals surface area contributed by atoms with E-state index < -0.39 is 0 Å². The number of aromatic amines is 1. The lowest BCUT2D eigenvalue weighted by Crippen LogP contribution is -2.02. The summed E-state index contributed by atoms with van der Waals surface area (Å²) < 4.78 is 0. The van der Waals surface area contributed by atoms with E-state index in [-0.39, 0.29) is 0 Å². The van der Waals surface area contributed by atoms with Crippen LogP contribution in [0.5, 0.6) is 0 Å². The first-order valence-corrected chi connectivity index (χ1v) is 6.86. The fraction of sp³-hybridized carbons (Fsp3) is 0.333. The van der Waals surface area contributed by atoms with Crippen LogP contribution >= 0.6 is 0 Å². The van der Waals surface area contributed by atoms with Gasteiger partial charge in [0.2, 0.25) is 0 Å². The molecule has 3 rings (SSSR count). The molecule has 0 radical (unpaired) electrons. The molecule has 0 saturated heterocycles. The van der Waals surface area contributed by atoms with Gasteiger partial charge in [0.15, 0.2) is 5.65 Å². The maximum atomic E-state index is 4.58. The van der Waals surface area contributed by atoms with Crippen molar-refractivity contribution in [3.05, 3.63) is 30.5 Å². The van der Waals surface area contributed by atoms with Gasteiger partial charge in [-0.15, -0.1) is 0 Å². The first kappa shape index (κ1) is 12.0. The predicted octanol–water partition coefficient (Wildman–Crippen LogP) is 3.71. The van der Waals surface area contributed by atoms with Gasteiger partial charge < -0.3 is 5.32 Å². The summed E-state index contributed by atoms with van der Waals surface area (Å²) in [4.78, 5) is 4.58. The van der Waals surface area contributed by atoms with Gasteiger partial charge in [0.05, 0.1) is 22.8 Å². The van der Waals surface area contributed by atoms with Crippen LogP contribution in [0.4, 0.5) is 5.69 Å². The van der Waals surface area contributed by atoms with Gasteiger partial charge in [-0.2, -0.15) is 5.10 Å². The third-order valence-corrected chi connectivity index (χ3v) is 3.38. The molecule has 0 saturated carbocycles. The molecule has 2 aromatic heterocycles. The lowest BCUT2D eigenvalue weighted by molar-refractivity contribution is 0.744. The van der Waals surface area contributed by atoms with Crippen LogP contribution in [0.15, 0.2) is 30.5 Å². The number of anilines is 1. The lowest BCUT2D eigenvalue weighted by atomic mass is 10.1. The number of para-hydroxylation sites is 1. The van der Waals surface area contributed by atoms with E-state index >= 15 is 0 Å². The Morgan fingerprint density at radius 1 is 1.16 bits per heavy atom. The van der Waals surface area contributed by atoms with E-state index in [1.165, 1.54) is 19.3 Å². The van der Waals surface area contributed by atoms with Gasteiger partial charge in [0.1, 0.15) is 0 Å². The summed E-state index contributed by atoms with van der Waals surface area (Å²) in [5, 5.41) is 12.8. The maximum absolute atomic E-state index is 4.58. The molecule has 3 aromatic rings. The Kier molecular flexibility index (Phi) is 3.31. The van der Waals surface area contributed by atoms with Gasteiger partial charge in [-0.25, -0.2) is 4.98 Å². The molecular weight excluding hydrogens is 236 g/mol. The molecule has 4 nitrogen and oxygen atoms in total. The number of fused-ring (bicyclic) bond motifs is 2. The second kappa shape index (κ2) is 5.26. The number of aromatic nitrogens is 3. The molecular formula is C15H18N4. The molecule has 0 unspecified atom stereocenters. The number of H-pyrrole nitrogens is 1. The zero-order valence-electron chi connectivity index (χ0n) is 11.1. The third-order valence-electron chi connectivity index (χ3n) is 3.38. The monoisotopic (exact) mass is 254 g/mol. The minimum atomic E-state index is 0.844. The van der Waals surface area contributed by atoms with Crippen LogP contribution in [0.2, 0.25) is 0 Å². The summed E-state index contributed by atoms with van der Waals surface area (Å²) in [6, 6.07) is 8.20. The Bertz CT molecular complexity index is 687. The topological polar surface area (TPSA) is 53.6 Å². The first-order valence-electron chi connectivity index (χ1n) is 6.86. The molecule has 2 N–H and O–H groups in total. The predicted molar refractivity (Wildman–Crippen MR) is 79.4 cm³/mol. The van der Waals surface area contributed by atoms with Gasteiger partial charge in [0.25, 0.3) is 0 Å². The minimum Gasteiger partial charge on any atom is -0.384 e. The van der Waals surface area contributed by atoms with Gasteiger partial charge in [-0.05, 0) is 12.5 Å². The van der Waals surface area contributed by atoms with Gasteiger partial charge in [-0.3, -0.25) is 5.10 Å². The number of nitrogens with one attached hydrogen (secondary N) is 2. The minimum absolute atomic E-state index is 0.844. The van der Waals surface area contributed by atoms with E-state index in [0.717, 1.165) is 34.2 Å². The van der Waals surface area contributed by atoms with Crippen LogP contribution in [0, 0.1) is 0 Å². The molecule has 0 atom stereocenters. The second-order valence-corrected chi connectivity index (χ2v) is 4.77. The smallest absolute Gasteiger partial charge is 0.157 e. The summed E-state index contributed by atoms with van der Waals surface area (Å²) in [6.45, 7) is 3.21. The van der Waals surface area contributed by atoms with Gasteiger partial charge in [-0.1, -0.05) is 38.0 Å². The van der Waals surface area contributed by atoms with Crippen LogP contribution < -0.4 is 5.32 Å². The molecule has 0 aliphatic rings. The molecule has 4 heteroatoms. The number of rotatable bonds is 5. The summed E-state index contributed by atoms with van der Waals surface area (Å²) in [5.74, 6) is 0. The van der Waals surface area contributed by atoms with Gasteiger partial charge in [0, 0.05) is 11.9 Å². The standard InChI is InChI=1S/C15H18N4/c1-2-3-6-9-16-14-11-7-4-5-8-13(11)18-15-12(14)10-17-19-15/h4-5,7-8,10H,2-3,6,9H2,1H3,(H2,16,17,18,19). The number of nitrogens with zero attached hydrogens (tertiary/aromatic N) is 2. The maximum Gasteiger partial charge on any atom is 0.157 e. The highest BCUT2D eigenvalue weighted by Gasteiger charge is 2.09. The van der Waals surface area contributed by atoms with Crippen molar-refractivity contribution in [3.63, 3.8) is 0 Å². The third kappa shape index (κ3) is 2.26. The molecule has 2 heterocycles. The van der Waals surface area contributed by atoms with Crippen molar-refractivity contribution >= 4 is 27.6 Å². The van der Waals surface area contributed by atoms with Crippen LogP contribution in [-0.2, 0) is 0 Å². The summed E-state index contributed by atoms with van der Waals surface area (Å²) in [5.41, 5.74) is 2.99. The zero-order valence-corrected chi connectivity index (χ0v) is 11.1. The van der Waals surface area contributed by atoms with Crippen LogP contribution in [-0.4, -0.2) is 21.7 Å². The average molecular weight is 254 g/mol. The van der Waals surface area contributed by atoms with Gasteiger partial charge >= 0.3 is 0 Å². The Hall–Kier alpha value is -2.10. The molecule has 0 aliphatic carbocycles. The van der Waals surface area contributed by atoms with E-state index in [1.54, 1.807) is 0 Å². The molecule has 98 valence electrons. The summed E-state index contributed by atoms with van der Waals surface area (Å²) >= 11 is 0. The highest BCUT2D eigenvalue weighted by Crippen LogP contribution is 2.29. The van der Waals surface area contributed by atoms with E-state index in [2.05, 4.69) is 33.5 Å². The van der Waals surface area contributed by atoms with Crippen molar-refractivity contribution < 1.29 is 0 Å². The Morgan fingerprint density at radius 2 is 2.05 bits per heavy atom. The largest absolute Gasteiger partial charge is 0.384 e. The molecule has 0 spiro atoms. The Morgan fingerprint density at radius 3 is 2.95 bits per heavy atom. The summed E-state index contributed by atoms with van der Waals surface area (Å²) in [6.07, 6.45) is 5.52. The van der Waals surface area contributed by atoms with E-state index in [9.17, 15) is 0 Å². The number of benzene rings is 1. The van der Waals surface area contributed by atoms with Crippen molar-refractivity contribution in [2.75, 3.05) is 11.9 Å². The molecule has 0 fully saturated rings. The van der Waals surface area contributed by atoms with Crippen molar-refractivity contribution in [3.8, 4) is 0 Å². The van der Waals surface area contributed by atoms with Crippen LogP contribution in [0.3, 0.4) is 0 Å². The molecule has 1 aromatic carbocycles. The molecule has 0 bridgehead atoms. The quantitative estimate of drug-likeness (QED) is 0.682. The first-order chi connectivity index (χ1) is 9.40. The second-order valence-electron chi connectivity index (χ2n) is 4.77. The van der Waals surface area contributed by atoms with Crippen molar-refractivity contribution in [1.82, 2.24) is 15.2 Å². The molecule has 0 aliphatic heterocycles. The Labute approximate surface area is 112 Å². The summed E-state index contributed by atoms with van der Waals surface area (Å²) in [7, 11) is 0. The SMILES string of the molecule is CCCCCNc1c2ccccc2nc2[nH]ncc12.